The van der Waals surface area contributed by atoms with E-state index < -0.39 is 18.0 Å². The third-order valence-corrected chi connectivity index (χ3v) is 3.12. The number of ether oxygens (including phenoxy) is 1. The van der Waals surface area contributed by atoms with E-state index in [1.54, 1.807) is 0 Å². The lowest BCUT2D eigenvalue weighted by Crippen LogP contribution is -2.39. The van der Waals surface area contributed by atoms with Gasteiger partial charge in [-0.1, -0.05) is 0 Å². The summed E-state index contributed by atoms with van der Waals surface area (Å²) in [5, 5.41) is 10.6. The van der Waals surface area contributed by atoms with Crippen molar-refractivity contribution in [2.24, 2.45) is 9.98 Å². The van der Waals surface area contributed by atoms with Gasteiger partial charge in [0.2, 0.25) is 5.84 Å². The van der Waals surface area contributed by atoms with E-state index in [0.29, 0.717) is 0 Å². The lowest BCUT2D eigenvalue weighted by molar-refractivity contribution is -0.136. The molecule has 0 saturated heterocycles. The molecule has 2 N–H and O–H groups in total. The molecule has 0 unspecified atom stereocenters. The lowest BCUT2D eigenvalue weighted by atomic mass is 10.3. The Morgan fingerprint density at radius 2 is 2.25 bits per heavy atom. The van der Waals surface area contributed by atoms with E-state index in [4.69, 9.17) is 9.84 Å². The summed E-state index contributed by atoms with van der Waals surface area (Å²) in [4.78, 5) is 17.5. The quantitative estimate of drug-likeness (QED) is 0.828. The van der Waals surface area contributed by atoms with Gasteiger partial charge in [-0.05, 0) is 0 Å². The fraction of sp³-hybridized carbons (Fsp3) is 0.300. The van der Waals surface area contributed by atoms with Gasteiger partial charge >= 0.3 is 12.1 Å². The summed E-state index contributed by atoms with van der Waals surface area (Å²) in [6.07, 6.45) is -2.60. The average Bonchev–Trinajstić information content (AvgIpc) is 2.37. The Morgan fingerprint density at radius 1 is 1.50 bits per heavy atom. The molecule has 0 spiro atoms. The topological polar surface area (TPSA) is 83.3 Å². The number of carboxylic acids is 1. The standard InChI is InChI=1S/C10H8F3N3O3S/c11-10(12,13)9-15-5-3-14-4-19-7(5)8(16-9)20-2-1-6(17)18/h3-4H,1-2H2,(H,15,16)(H,17,18). The van der Waals surface area contributed by atoms with Crippen LogP contribution < -0.4 is 5.32 Å². The van der Waals surface area contributed by atoms with Crippen LogP contribution in [0, 0.1) is 0 Å². The molecule has 0 aromatic carbocycles. The number of fused-ring (bicyclic) bond motifs is 1. The molecule has 6 nitrogen and oxygen atoms in total. The molecule has 2 aliphatic rings. The van der Waals surface area contributed by atoms with Crippen LogP contribution in [-0.2, 0) is 9.53 Å². The second kappa shape index (κ2) is 5.57. The Kier molecular flexibility index (Phi) is 4.02. The van der Waals surface area contributed by atoms with Crippen LogP contribution in [0.1, 0.15) is 6.42 Å². The summed E-state index contributed by atoms with van der Waals surface area (Å²) in [6, 6.07) is 0. The first-order chi connectivity index (χ1) is 9.38. The van der Waals surface area contributed by atoms with Gasteiger partial charge in [0.1, 0.15) is 10.7 Å². The van der Waals surface area contributed by atoms with Gasteiger partial charge in [-0.25, -0.2) is 9.98 Å². The molecule has 2 rings (SSSR count). The number of thioether (sulfide) groups is 1. The van der Waals surface area contributed by atoms with Crippen molar-refractivity contribution in [3.8, 4) is 0 Å². The van der Waals surface area contributed by atoms with Crippen molar-refractivity contribution in [2.45, 2.75) is 12.6 Å². The molecule has 0 amide bonds. The van der Waals surface area contributed by atoms with Gasteiger partial charge in [0, 0.05) is 5.75 Å². The summed E-state index contributed by atoms with van der Waals surface area (Å²) in [7, 11) is 0. The highest BCUT2D eigenvalue weighted by molar-refractivity contribution is 8.03. The van der Waals surface area contributed by atoms with Crippen molar-refractivity contribution in [3.63, 3.8) is 0 Å². The zero-order valence-corrected chi connectivity index (χ0v) is 10.6. The zero-order valence-electron chi connectivity index (χ0n) is 9.77. The maximum absolute atomic E-state index is 12.7. The van der Waals surface area contributed by atoms with E-state index in [-0.39, 0.29) is 28.7 Å². The Hall–Kier alpha value is -1.97. The number of aliphatic carboxylic acids is 1. The maximum atomic E-state index is 12.7. The highest BCUT2D eigenvalue weighted by Crippen LogP contribution is 2.33. The fourth-order valence-corrected chi connectivity index (χ4v) is 2.25. The van der Waals surface area contributed by atoms with Crippen LogP contribution in [0.3, 0.4) is 0 Å². The summed E-state index contributed by atoms with van der Waals surface area (Å²) in [6.45, 7) is 0. The predicted octanol–water partition coefficient (Wildman–Crippen LogP) is 1.83. The molecule has 0 atom stereocenters. The molecule has 20 heavy (non-hydrogen) atoms. The van der Waals surface area contributed by atoms with Gasteiger partial charge in [0.05, 0.1) is 12.6 Å². The van der Waals surface area contributed by atoms with Gasteiger partial charge in [-0.2, -0.15) is 13.2 Å². The van der Waals surface area contributed by atoms with Crippen LogP contribution >= 0.6 is 11.8 Å². The molecular formula is C10H8F3N3O3S. The molecule has 0 aliphatic carbocycles. The number of hydrogen-bond acceptors (Lipinski definition) is 6. The SMILES string of the molecule is O=C(O)CCSC1=C2OC=NC=C2NC(C(F)(F)F)=N1. The van der Waals surface area contributed by atoms with Crippen molar-refractivity contribution in [1.82, 2.24) is 5.32 Å². The minimum absolute atomic E-state index is 0.0327. The van der Waals surface area contributed by atoms with Crippen LogP contribution in [-0.4, -0.2) is 35.2 Å². The molecule has 0 saturated carbocycles. The van der Waals surface area contributed by atoms with Crippen LogP contribution in [0.2, 0.25) is 0 Å². The number of hydrogen-bond donors (Lipinski definition) is 2. The number of alkyl halides is 3. The molecule has 0 bridgehead atoms. The van der Waals surface area contributed by atoms with Crippen molar-refractivity contribution >= 4 is 30.0 Å². The Balaban J connectivity index is 2.25. The maximum Gasteiger partial charge on any atom is 0.449 e. The van der Waals surface area contributed by atoms with Gasteiger partial charge < -0.3 is 15.2 Å². The molecule has 0 aromatic rings. The molecule has 2 heterocycles. The fourth-order valence-electron chi connectivity index (χ4n) is 1.34. The third kappa shape index (κ3) is 3.32. The number of rotatable bonds is 4. The molecule has 0 radical (unpaired) electrons. The molecule has 108 valence electrons. The first kappa shape index (κ1) is 14.4. The molecule has 0 aromatic heterocycles. The van der Waals surface area contributed by atoms with Gasteiger partial charge in [-0.3, -0.25) is 4.79 Å². The highest BCUT2D eigenvalue weighted by atomic mass is 32.2. The van der Waals surface area contributed by atoms with Crippen molar-refractivity contribution in [2.75, 3.05) is 5.75 Å². The lowest BCUT2D eigenvalue weighted by Gasteiger charge is -2.23. The second-order valence-electron chi connectivity index (χ2n) is 3.62. The van der Waals surface area contributed by atoms with Crippen molar-refractivity contribution in [1.29, 1.82) is 0 Å². The van der Waals surface area contributed by atoms with E-state index >= 15 is 0 Å². The number of nitrogens with zero attached hydrogens (tertiary/aromatic N) is 2. The number of carboxylic acid groups (broad SMARTS) is 1. The first-order valence-corrected chi connectivity index (χ1v) is 6.27. The van der Waals surface area contributed by atoms with Crippen LogP contribution in [0.25, 0.3) is 0 Å². The van der Waals surface area contributed by atoms with E-state index in [9.17, 15) is 18.0 Å². The first-order valence-electron chi connectivity index (χ1n) is 5.28. The number of carbonyl (C=O) groups is 1. The summed E-state index contributed by atoms with van der Waals surface area (Å²) >= 11 is 0.875. The summed E-state index contributed by atoms with van der Waals surface area (Å²) < 4.78 is 43.1. The van der Waals surface area contributed by atoms with E-state index in [0.717, 1.165) is 18.2 Å². The smallest absolute Gasteiger partial charge is 0.449 e. The van der Waals surface area contributed by atoms with Gasteiger partial charge in [0.15, 0.2) is 12.2 Å². The van der Waals surface area contributed by atoms with E-state index in [1.165, 1.54) is 6.20 Å². The van der Waals surface area contributed by atoms with Gasteiger partial charge in [-0.15, -0.1) is 11.8 Å². The third-order valence-electron chi connectivity index (χ3n) is 2.16. The highest BCUT2D eigenvalue weighted by Gasteiger charge is 2.40. The summed E-state index contributed by atoms with van der Waals surface area (Å²) in [5.74, 6) is -2.05. The minimum atomic E-state index is -4.65. The molecule has 10 heteroatoms. The number of halogens is 3. The normalized spacial score (nSPS) is 17.8. The number of aliphatic imine (C=N–C) groups is 2. The largest absolute Gasteiger partial charge is 0.481 e. The van der Waals surface area contributed by atoms with Crippen LogP contribution in [0.5, 0.6) is 0 Å². The van der Waals surface area contributed by atoms with Crippen LogP contribution in [0.15, 0.2) is 32.7 Å². The Labute approximate surface area is 115 Å². The van der Waals surface area contributed by atoms with Crippen molar-refractivity contribution < 1.29 is 27.8 Å². The Morgan fingerprint density at radius 3 is 2.90 bits per heavy atom. The number of amidine groups is 1. The van der Waals surface area contributed by atoms with Crippen molar-refractivity contribution in [3.05, 3.63) is 22.7 Å². The molecular weight excluding hydrogens is 299 g/mol. The monoisotopic (exact) mass is 307 g/mol. The number of nitrogens with one attached hydrogen (secondary N) is 1. The molecule has 2 aliphatic heterocycles. The summed E-state index contributed by atoms with van der Waals surface area (Å²) in [5.41, 5.74) is 0.0349. The second-order valence-corrected chi connectivity index (χ2v) is 4.71. The van der Waals surface area contributed by atoms with E-state index in [2.05, 4.69) is 15.3 Å². The minimum Gasteiger partial charge on any atom is -0.481 e. The van der Waals surface area contributed by atoms with Gasteiger partial charge in [0.25, 0.3) is 0 Å². The van der Waals surface area contributed by atoms with Crippen LogP contribution in [0.4, 0.5) is 13.2 Å². The zero-order chi connectivity index (χ0) is 14.8. The van der Waals surface area contributed by atoms with E-state index in [1.807, 2.05) is 0 Å². The predicted molar refractivity (Wildman–Crippen MR) is 66.0 cm³/mol. The Bertz CT molecular complexity index is 552. The molecule has 0 fully saturated rings. The average molecular weight is 307 g/mol.